The number of hydrogen-bond donors (Lipinski definition) is 3. The summed E-state index contributed by atoms with van der Waals surface area (Å²) in [5.41, 5.74) is 11.2. The standard InChI is InChI=1S/C7H18N4/c1-6-4-10-7(9)5-11(6)3-2-8/h6-7,10H,2-5,8-9H2,1H3. The molecule has 0 aromatic heterocycles. The number of nitrogens with zero attached hydrogens (tertiary/aromatic N) is 1. The van der Waals surface area contributed by atoms with Crippen molar-refractivity contribution < 1.29 is 0 Å². The van der Waals surface area contributed by atoms with Gasteiger partial charge in [0, 0.05) is 32.2 Å². The molecule has 4 nitrogen and oxygen atoms in total. The molecule has 11 heavy (non-hydrogen) atoms. The molecule has 0 saturated carbocycles. The predicted octanol–water partition coefficient (Wildman–Crippen LogP) is -1.48. The molecule has 0 aromatic carbocycles. The smallest absolute Gasteiger partial charge is 0.0678 e. The van der Waals surface area contributed by atoms with Crippen molar-refractivity contribution in [2.75, 3.05) is 26.2 Å². The van der Waals surface area contributed by atoms with Crippen LogP contribution in [0.3, 0.4) is 0 Å². The van der Waals surface area contributed by atoms with E-state index in [2.05, 4.69) is 17.1 Å². The van der Waals surface area contributed by atoms with Crippen LogP contribution >= 0.6 is 0 Å². The van der Waals surface area contributed by atoms with Gasteiger partial charge in [-0.2, -0.15) is 0 Å². The molecule has 0 amide bonds. The Morgan fingerprint density at radius 1 is 1.64 bits per heavy atom. The highest BCUT2D eigenvalue weighted by Crippen LogP contribution is 2.02. The molecule has 4 heteroatoms. The minimum absolute atomic E-state index is 0.123. The second-order valence-electron chi connectivity index (χ2n) is 3.15. The van der Waals surface area contributed by atoms with Crippen molar-refractivity contribution in [1.29, 1.82) is 0 Å². The average Bonchev–Trinajstić information content (AvgIpc) is 1.98. The third kappa shape index (κ3) is 2.41. The van der Waals surface area contributed by atoms with Crippen LogP contribution in [0.1, 0.15) is 6.92 Å². The van der Waals surface area contributed by atoms with Crippen molar-refractivity contribution in [1.82, 2.24) is 10.2 Å². The molecule has 1 aliphatic rings. The number of nitrogens with two attached hydrogens (primary N) is 2. The lowest BCUT2D eigenvalue weighted by Crippen LogP contribution is -2.59. The minimum Gasteiger partial charge on any atom is -0.329 e. The molecule has 0 aliphatic carbocycles. The topological polar surface area (TPSA) is 67.3 Å². The Morgan fingerprint density at radius 2 is 2.36 bits per heavy atom. The molecule has 0 bridgehead atoms. The molecule has 1 rings (SSSR count). The number of rotatable bonds is 2. The summed E-state index contributed by atoms with van der Waals surface area (Å²) in [5.74, 6) is 0. The summed E-state index contributed by atoms with van der Waals surface area (Å²) in [5, 5.41) is 3.22. The van der Waals surface area contributed by atoms with E-state index in [1.807, 2.05) is 0 Å². The van der Waals surface area contributed by atoms with Gasteiger partial charge in [-0.25, -0.2) is 0 Å². The van der Waals surface area contributed by atoms with Crippen LogP contribution in [-0.4, -0.2) is 43.3 Å². The van der Waals surface area contributed by atoms with Crippen molar-refractivity contribution in [2.45, 2.75) is 19.1 Å². The quantitative estimate of drug-likeness (QED) is 0.459. The summed E-state index contributed by atoms with van der Waals surface area (Å²) in [6, 6.07) is 0.568. The summed E-state index contributed by atoms with van der Waals surface area (Å²) >= 11 is 0. The largest absolute Gasteiger partial charge is 0.329 e. The first kappa shape index (κ1) is 8.93. The third-order valence-corrected chi connectivity index (χ3v) is 2.15. The van der Waals surface area contributed by atoms with Crippen LogP contribution in [0.25, 0.3) is 0 Å². The summed E-state index contributed by atoms with van der Waals surface area (Å²) in [7, 11) is 0. The minimum atomic E-state index is 0.123. The molecule has 1 fully saturated rings. The Morgan fingerprint density at radius 3 is 3.00 bits per heavy atom. The Balaban J connectivity index is 2.34. The van der Waals surface area contributed by atoms with Gasteiger partial charge in [0.05, 0.1) is 6.17 Å². The Bertz CT molecular complexity index is 117. The lowest BCUT2D eigenvalue weighted by atomic mass is 10.2. The summed E-state index contributed by atoms with van der Waals surface area (Å²) in [4.78, 5) is 2.32. The third-order valence-electron chi connectivity index (χ3n) is 2.15. The molecule has 2 unspecified atom stereocenters. The SMILES string of the molecule is CC1CNC(N)CN1CCN. The van der Waals surface area contributed by atoms with Crippen molar-refractivity contribution in [2.24, 2.45) is 11.5 Å². The molecule has 1 heterocycles. The Labute approximate surface area is 67.9 Å². The Hall–Kier alpha value is -0.160. The van der Waals surface area contributed by atoms with Gasteiger partial charge in [0.25, 0.3) is 0 Å². The monoisotopic (exact) mass is 158 g/mol. The van der Waals surface area contributed by atoms with E-state index in [-0.39, 0.29) is 6.17 Å². The van der Waals surface area contributed by atoms with Crippen LogP contribution < -0.4 is 16.8 Å². The van der Waals surface area contributed by atoms with Crippen molar-refractivity contribution >= 4 is 0 Å². The second kappa shape index (κ2) is 4.01. The second-order valence-corrected chi connectivity index (χ2v) is 3.15. The fraction of sp³-hybridized carbons (Fsp3) is 1.00. The van der Waals surface area contributed by atoms with E-state index in [1.54, 1.807) is 0 Å². The van der Waals surface area contributed by atoms with Gasteiger partial charge >= 0.3 is 0 Å². The highest BCUT2D eigenvalue weighted by atomic mass is 15.3. The van der Waals surface area contributed by atoms with Crippen molar-refractivity contribution in [3.05, 3.63) is 0 Å². The number of piperazine rings is 1. The normalized spacial score (nSPS) is 34.1. The summed E-state index contributed by atoms with van der Waals surface area (Å²) < 4.78 is 0. The van der Waals surface area contributed by atoms with Gasteiger partial charge in [-0.05, 0) is 6.92 Å². The highest BCUT2D eigenvalue weighted by Gasteiger charge is 2.21. The van der Waals surface area contributed by atoms with Crippen LogP contribution in [0.5, 0.6) is 0 Å². The van der Waals surface area contributed by atoms with Gasteiger partial charge in [0.1, 0.15) is 0 Å². The first-order valence-corrected chi connectivity index (χ1v) is 4.17. The van der Waals surface area contributed by atoms with Crippen LogP contribution in [0.15, 0.2) is 0 Å². The van der Waals surface area contributed by atoms with Gasteiger partial charge < -0.3 is 11.5 Å². The number of nitrogens with one attached hydrogen (secondary N) is 1. The predicted molar refractivity (Wildman–Crippen MR) is 46.1 cm³/mol. The molecule has 66 valence electrons. The molecule has 1 aliphatic heterocycles. The zero-order valence-corrected chi connectivity index (χ0v) is 7.09. The lowest BCUT2D eigenvalue weighted by molar-refractivity contribution is 0.147. The average molecular weight is 158 g/mol. The maximum Gasteiger partial charge on any atom is 0.0678 e. The maximum atomic E-state index is 5.72. The maximum absolute atomic E-state index is 5.72. The van der Waals surface area contributed by atoms with Gasteiger partial charge in [-0.15, -0.1) is 0 Å². The van der Waals surface area contributed by atoms with E-state index < -0.39 is 0 Å². The molecule has 2 atom stereocenters. The van der Waals surface area contributed by atoms with Crippen molar-refractivity contribution in [3.8, 4) is 0 Å². The Kier molecular flexibility index (Phi) is 3.26. The van der Waals surface area contributed by atoms with E-state index in [0.29, 0.717) is 6.04 Å². The molecule has 0 radical (unpaired) electrons. The lowest BCUT2D eigenvalue weighted by Gasteiger charge is -2.36. The summed E-state index contributed by atoms with van der Waals surface area (Å²) in [6.07, 6.45) is 0.123. The first-order valence-electron chi connectivity index (χ1n) is 4.17. The van der Waals surface area contributed by atoms with Gasteiger partial charge in [-0.1, -0.05) is 0 Å². The van der Waals surface area contributed by atoms with Crippen LogP contribution in [0.2, 0.25) is 0 Å². The van der Waals surface area contributed by atoms with Crippen molar-refractivity contribution in [3.63, 3.8) is 0 Å². The fourth-order valence-corrected chi connectivity index (χ4v) is 1.43. The van der Waals surface area contributed by atoms with Crippen LogP contribution in [-0.2, 0) is 0 Å². The van der Waals surface area contributed by atoms with Gasteiger partial charge in [0.2, 0.25) is 0 Å². The van der Waals surface area contributed by atoms with E-state index in [0.717, 1.165) is 26.2 Å². The van der Waals surface area contributed by atoms with E-state index in [4.69, 9.17) is 11.5 Å². The number of hydrogen-bond acceptors (Lipinski definition) is 4. The molecule has 1 saturated heterocycles. The van der Waals surface area contributed by atoms with Gasteiger partial charge in [0.15, 0.2) is 0 Å². The van der Waals surface area contributed by atoms with E-state index in [9.17, 15) is 0 Å². The fourth-order valence-electron chi connectivity index (χ4n) is 1.43. The van der Waals surface area contributed by atoms with Crippen LogP contribution in [0.4, 0.5) is 0 Å². The first-order chi connectivity index (χ1) is 5.24. The summed E-state index contributed by atoms with van der Waals surface area (Å²) in [6.45, 7) is 5.75. The van der Waals surface area contributed by atoms with E-state index >= 15 is 0 Å². The van der Waals surface area contributed by atoms with Crippen LogP contribution in [0, 0.1) is 0 Å². The highest BCUT2D eigenvalue weighted by molar-refractivity contribution is 4.80. The molecule has 0 spiro atoms. The van der Waals surface area contributed by atoms with E-state index in [1.165, 1.54) is 0 Å². The molecule has 5 N–H and O–H groups in total. The van der Waals surface area contributed by atoms with Gasteiger partial charge in [-0.3, -0.25) is 10.2 Å². The molecular formula is C7H18N4. The zero-order valence-electron chi connectivity index (χ0n) is 7.09. The molecular weight excluding hydrogens is 140 g/mol. The molecule has 0 aromatic rings. The zero-order chi connectivity index (χ0) is 8.27.